The van der Waals surface area contributed by atoms with Gasteiger partial charge in [0.2, 0.25) is 5.60 Å². The minimum Gasteiger partial charge on any atom is -0.494 e. The van der Waals surface area contributed by atoms with E-state index >= 15 is 0 Å². The van der Waals surface area contributed by atoms with Crippen molar-refractivity contribution in [3.05, 3.63) is 95.1 Å². The molecule has 1 saturated heterocycles. The number of hydrogen-bond acceptors (Lipinski definition) is 4. The van der Waals surface area contributed by atoms with Crippen LogP contribution in [0.5, 0.6) is 11.5 Å². The molecule has 3 aromatic carbocycles. The van der Waals surface area contributed by atoms with Gasteiger partial charge in [0.05, 0.1) is 23.8 Å². The van der Waals surface area contributed by atoms with Crippen LogP contribution in [0.4, 0.5) is 31.1 Å². The van der Waals surface area contributed by atoms with Crippen LogP contribution in [0.2, 0.25) is 0 Å². The van der Waals surface area contributed by atoms with E-state index in [1.807, 2.05) is 0 Å². The maximum Gasteiger partial charge on any atom is 0.416 e. The molecule has 0 saturated carbocycles. The van der Waals surface area contributed by atoms with Gasteiger partial charge in [-0.3, -0.25) is 0 Å². The SMILES string of the molecule is CN1C(=O)N(Cc2ccc(C(F)(F)F)cc2)CC1CCOc1cccc(CC(C)(Oc2ccc(C(F)(F)F)cc2)C(=O)O)c1. The number of halogens is 6. The van der Waals surface area contributed by atoms with Gasteiger partial charge in [-0.1, -0.05) is 24.3 Å². The number of ether oxygens (including phenoxy) is 2. The molecule has 2 amide bonds. The molecule has 1 N–H and O–H groups in total. The number of carboxylic acid groups (broad SMARTS) is 1. The fourth-order valence-corrected chi connectivity index (χ4v) is 4.85. The Kier molecular flexibility index (Phi) is 9.36. The first kappa shape index (κ1) is 32.5. The molecule has 0 aliphatic carbocycles. The van der Waals surface area contributed by atoms with Crippen molar-refractivity contribution >= 4 is 12.0 Å². The van der Waals surface area contributed by atoms with E-state index in [9.17, 15) is 41.0 Å². The smallest absolute Gasteiger partial charge is 0.416 e. The second kappa shape index (κ2) is 12.7. The molecule has 1 aliphatic rings. The number of hydrogen-bond donors (Lipinski definition) is 1. The zero-order valence-corrected chi connectivity index (χ0v) is 23.8. The van der Waals surface area contributed by atoms with E-state index in [-0.39, 0.29) is 37.4 Å². The summed E-state index contributed by atoms with van der Waals surface area (Å²) in [6.07, 6.45) is -8.63. The van der Waals surface area contributed by atoms with E-state index < -0.39 is 35.0 Å². The lowest BCUT2D eigenvalue weighted by atomic mass is 9.96. The van der Waals surface area contributed by atoms with Crippen LogP contribution in [0.3, 0.4) is 0 Å². The van der Waals surface area contributed by atoms with Crippen molar-refractivity contribution in [3.63, 3.8) is 0 Å². The number of carbonyl (C=O) groups excluding carboxylic acids is 1. The lowest BCUT2D eigenvalue weighted by molar-refractivity contribution is -0.153. The molecule has 3 aromatic rings. The summed E-state index contributed by atoms with van der Waals surface area (Å²) in [6, 6.07) is 14.6. The monoisotopic (exact) mass is 624 g/mol. The van der Waals surface area contributed by atoms with E-state index in [4.69, 9.17) is 9.47 Å². The van der Waals surface area contributed by atoms with Crippen LogP contribution in [0.15, 0.2) is 72.8 Å². The maximum absolute atomic E-state index is 12.9. The first-order valence-electron chi connectivity index (χ1n) is 13.5. The van der Waals surface area contributed by atoms with Gasteiger partial charge in [0.1, 0.15) is 11.5 Å². The van der Waals surface area contributed by atoms with Crippen LogP contribution in [0.1, 0.15) is 35.6 Å². The topological polar surface area (TPSA) is 79.3 Å². The van der Waals surface area contributed by atoms with Gasteiger partial charge < -0.3 is 24.4 Å². The zero-order chi connectivity index (χ0) is 32.3. The zero-order valence-electron chi connectivity index (χ0n) is 23.8. The Bertz CT molecular complexity index is 1460. The van der Waals surface area contributed by atoms with Crippen molar-refractivity contribution in [3.8, 4) is 11.5 Å². The van der Waals surface area contributed by atoms with Gasteiger partial charge in [0.15, 0.2) is 0 Å². The van der Waals surface area contributed by atoms with E-state index in [0.717, 1.165) is 36.4 Å². The molecule has 0 bridgehead atoms. The highest BCUT2D eigenvalue weighted by Crippen LogP contribution is 2.32. The highest BCUT2D eigenvalue weighted by atomic mass is 19.4. The van der Waals surface area contributed by atoms with Gasteiger partial charge >= 0.3 is 24.4 Å². The van der Waals surface area contributed by atoms with Gasteiger partial charge in [-0.2, -0.15) is 26.3 Å². The summed E-state index contributed by atoms with van der Waals surface area (Å²) in [4.78, 5) is 27.9. The van der Waals surface area contributed by atoms with E-state index in [0.29, 0.717) is 29.8 Å². The van der Waals surface area contributed by atoms with Crippen molar-refractivity contribution in [1.29, 1.82) is 0 Å². The Balaban J connectivity index is 1.32. The Labute approximate surface area is 249 Å². The average molecular weight is 625 g/mol. The molecule has 0 radical (unpaired) electrons. The number of rotatable bonds is 11. The third-order valence-electron chi connectivity index (χ3n) is 7.34. The number of aliphatic carboxylic acids is 1. The number of benzene rings is 3. The summed E-state index contributed by atoms with van der Waals surface area (Å²) in [5, 5.41) is 9.86. The lowest BCUT2D eigenvalue weighted by Gasteiger charge is -2.27. The number of nitrogens with zero attached hydrogens (tertiary/aromatic N) is 2. The predicted octanol–water partition coefficient (Wildman–Crippen LogP) is 6.89. The second-order valence-electron chi connectivity index (χ2n) is 10.7. The molecular weight excluding hydrogens is 594 g/mol. The molecule has 4 rings (SSSR count). The maximum atomic E-state index is 12.9. The lowest BCUT2D eigenvalue weighted by Crippen LogP contribution is -2.43. The molecular formula is C31H30F6N2O5. The van der Waals surface area contributed by atoms with Crippen molar-refractivity contribution in [2.45, 2.75) is 50.3 Å². The molecule has 1 heterocycles. The van der Waals surface area contributed by atoms with Crippen LogP contribution in [-0.2, 0) is 30.1 Å². The molecule has 1 fully saturated rings. The first-order chi connectivity index (χ1) is 20.5. The molecule has 0 aromatic heterocycles. The molecule has 44 heavy (non-hydrogen) atoms. The van der Waals surface area contributed by atoms with E-state index in [1.54, 1.807) is 41.1 Å². The second-order valence-corrected chi connectivity index (χ2v) is 10.7. The number of amides is 2. The van der Waals surface area contributed by atoms with Crippen LogP contribution in [0, 0.1) is 0 Å². The molecule has 0 spiro atoms. The summed E-state index contributed by atoms with van der Waals surface area (Å²) in [6.45, 7) is 2.07. The minimum atomic E-state index is -4.54. The van der Waals surface area contributed by atoms with E-state index in [1.165, 1.54) is 19.1 Å². The van der Waals surface area contributed by atoms with Crippen molar-refractivity contribution in [2.24, 2.45) is 0 Å². The third kappa shape index (κ3) is 7.94. The van der Waals surface area contributed by atoms with Gasteiger partial charge in [0.25, 0.3) is 0 Å². The van der Waals surface area contributed by atoms with Crippen molar-refractivity contribution < 1.29 is 50.5 Å². The minimum absolute atomic E-state index is 0.0297. The third-order valence-corrected chi connectivity index (χ3v) is 7.34. The van der Waals surface area contributed by atoms with Crippen molar-refractivity contribution in [2.75, 3.05) is 20.2 Å². The first-order valence-corrected chi connectivity index (χ1v) is 13.5. The van der Waals surface area contributed by atoms with Crippen molar-refractivity contribution in [1.82, 2.24) is 9.80 Å². The van der Waals surface area contributed by atoms with Crippen LogP contribution < -0.4 is 9.47 Å². The van der Waals surface area contributed by atoms with E-state index in [2.05, 4.69) is 0 Å². The predicted molar refractivity (Wildman–Crippen MR) is 147 cm³/mol. The quantitative estimate of drug-likeness (QED) is 0.235. The highest BCUT2D eigenvalue weighted by molar-refractivity contribution is 5.78. The highest BCUT2D eigenvalue weighted by Gasteiger charge is 2.37. The largest absolute Gasteiger partial charge is 0.494 e. The van der Waals surface area contributed by atoms with Crippen LogP contribution >= 0.6 is 0 Å². The molecule has 7 nitrogen and oxygen atoms in total. The van der Waals surface area contributed by atoms with Gasteiger partial charge in [-0.05, 0) is 66.6 Å². The molecule has 1 aliphatic heterocycles. The summed E-state index contributed by atoms with van der Waals surface area (Å²) >= 11 is 0. The summed E-state index contributed by atoms with van der Waals surface area (Å²) < 4.78 is 88.6. The van der Waals surface area contributed by atoms with Gasteiger partial charge in [-0.15, -0.1) is 0 Å². The summed E-state index contributed by atoms with van der Waals surface area (Å²) in [7, 11) is 1.64. The summed E-state index contributed by atoms with van der Waals surface area (Å²) in [5.41, 5.74) is -2.31. The number of likely N-dealkylation sites (N-methyl/N-ethyl adjacent to an activating group) is 1. The van der Waals surface area contributed by atoms with Crippen LogP contribution in [0.25, 0.3) is 0 Å². The Morgan fingerprint density at radius 2 is 1.48 bits per heavy atom. The number of carbonyl (C=O) groups is 2. The molecule has 2 unspecified atom stereocenters. The summed E-state index contributed by atoms with van der Waals surface area (Å²) in [5.74, 6) is -0.894. The number of carboxylic acids is 1. The number of alkyl halides is 6. The van der Waals surface area contributed by atoms with Gasteiger partial charge in [0, 0.05) is 33.0 Å². The number of urea groups is 1. The fraction of sp³-hybridized carbons (Fsp3) is 0.355. The Morgan fingerprint density at radius 3 is 2.05 bits per heavy atom. The standard InChI is InChI=1S/C31H30F6N2O5/c1-29(27(40)41,44-25-12-10-23(11-13-25)31(35,36)37)17-21-4-3-5-26(16-21)43-15-14-24-19-39(28(42)38(24)2)18-20-6-8-22(9-7-20)30(32,33)34/h3-13,16,24H,14-15,17-19H2,1-2H3,(H,40,41). The normalized spacial score (nSPS) is 17.0. The molecule has 13 heteroatoms. The Hall–Kier alpha value is -4.42. The van der Waals surface area contributed by atoms with Gasteiger partial charge in [-0.25, -0.2) is 9.59 Å². The Morgan fingerprint density at radius 1 is 0.886 bits per heavy atom. The van der Waals surface area contributed by atoms with Crippen LogP contribution in [-0.4, -0.2) is 58.7 Å². The molecule has 2 atom stereocenters. The fourth-order valence-electron chi connectivity index (χ4n) is 4.85. The molecule has 236 valence electrons. The average Bonchev–Trinajstić information content (AvgIpc) is 3.20.